The van der Waals surface area contributed by atoms with Crippen LogP contribution in [-0.4, -0.2) is 44.5 Å². The number of nitrogens with zero attached hydrogens (tertiary/aromatic N) is 4. The van der Waals surface area contributed by atoms with E-state index in [0.717, 1.165) is 0 Å². The summed E-state index contributed by atoms with van der Waals surface area (Å²) in [6, 6.07) is 7.77. The van der Waals surface area contributed by atoms with Crippen LogP contribution in [0.1, 0.15) is 0 Å². The molecule has 1 fully saturated rings. The molecule has 1 aromatic carbocycles. The lowest BCUT2D eigenvalue weighted by molar-refractivity contribution is -0.384. The Morgan fingerprint density at radius 2 is 1.77 bits per heavy atom. The Morgan fingerprint density at radius 1 is 1.15 bits per heavy atom. The van der Waals surface area contributed by atoms with Gasteiger partial charge in [0.15, 0.2) is 0 Å². The monoisotopic (exact) mass is 397 g/mol. The molecule has 1 saturated heterocycles. The minimum atomic E-state index is -3.84. The fraction of sp³-hybridized carbons (Fsp3) is 0.267. The number of primary sulfonamides is 1. The number of anilines is 2. The van der Waals surface area contributed by atoms with E-state index >= 15 is 0 Å². The quantitative estimate of drug-likeness (QED) is 0.614. The summed E-state index contributed by atoms with van der Waals surface area (Å²) in [7, 11) is -3.84. The minimum Gasteiger partial charge on any atom is -0.367 e. The minimum absolute atomic E-state index is 0.0593. The van der Waals surface area contributed by atoms with E-state index in [1.807, 2.05) is 4.90 Å². The molecule has 9 nitrogen and oxygen atoms in total. The van der Waals surface area contributed by atoms with Crippen molar-refractivity contribution in [3.05, 3.63) is 51.7 Å². The molecule has 138 valence electrons. The zero-order valence-corrected chi connectivity index (χ0v) is 15.2. The number of para-hydroxylation sites is 1. The Bertz CT molecular complexity index is 945. The molecule has 0 spiro atoms. The Morgan fingerprint density at radius 3 is 2.38 bits per heavy atom. The Kier molecular flexibility index (Phi) is 4.99. The SMILES string of the molecule is NS(=O)(=O)c1ccccc1N1CCN(c2ncc(Cl)cc2[N+](=O)[O-])CC1. The highest BCUT2D eigenvalue weighted by molar-refractivity contribution is 7.89. The fourth-order valence-corrected chi connectivity index (χ4v) is 3.83. The van der Waals surface area contributed by atoms with Crippen molar-refractivity contribution in [3.8, 4) is 0 Å². The molecule has 0 radical (unpaired) electrons. The lowest BCUT2D eigenvalue weighted by Crippen LogP contribution is -2.47. The van der Waals surface area contributed by atoms with E-state index in [0.29, 0.717) is 31.9 Å². The predicted molar refractivity (Wildman–Crippen MR) is 98.1 cm³/mol. The number of benzene rings is 1. The number of nitrogens with two attached hydrogens (primary N) is 1. The van der Waals surface area contributed by atoms with Gasteiger partial charge in [0.25, 0.3) is 0 Å². The second-order valence-corrected chi connectivity index (χ2v) is 7.71. The number of sulfonamides is 1. The van der Waals surface area contributed by atoms with Crippen molar-refractivity contribution in [3.63, 3.8) is 0 Å². The molecule has 0 unspecified atom stereocenters. The molecule has 1 aliphatic heterocycles. The lowest BCUT2D eigenvalue weighted by atomic mass is 10.2. The standard InChI is InChI=1S/C15H16ClN5O4S/c16-11-9-13(21(22)23)15(18-10-11)20-7-5-19(6-8-20)12-3-1-2-4-14(12)26(17,24)25/h1-4,9-10H,5-8H2,(H2,17,24,25). The fourth-order valence-electron chi connectivity index (χ4n) is 2.92. The average molecular weight is 398 g/mol. The second kappa shape index (κ2) is 7.06. The first kappa shape index (κ1) is 18.4. The molecule has 2 aromatic rings. The van der Waals surface area contributed by atoms with E-state index in [1.165, 1.54) is 18.3 Å². The van der Waals surface area contributed by atoms with E-state index in [9.17, 15) is 18.5 Å². The molecule has 11 heteroatoms. The molecule has 1 aliphatic rings. The third-order valence-electron chi connectivity index (χ3n) is 4.10. The zero-order valence-electron chi connectivity index (χ0n) is 13.6. The van der Waals surface area contributed by atoms with Crippen LogP contribution in [0.3, 0.4) is 0 Å². The van der Waals surface area contributed by atoms with E-state index < -0.39 is 14.9 Å². The first-order valence-electron chi connectivity index (χ1n) is 7.69. The Labute approximate surface area is 155 Å². The molecule has 0 bridgehead atoms. The molecule has 0 aliphatic carbocycles. The van der Waals surface area contributed by atoms with Crippen LogP contribution in [0, 0.1) is 10.1 Å². The summed E-state index contributed by atoms with van der Waals surface area (Å²) in [5, 5.41) is 16.7. The maximum Gasteiger partial charge on any atom is 0.313 e. The topological polar surface area (TPSA) is 123 Å². The van der Waals surface area contributed by atoms with Crippen molar-refractivity contribution < 1.29 is 13.3 Å². The van der Waals surface area contributed by atoms with Gasteiger partial charge in [-0.25, -0.2) is 18.5 Å². The van der Waals surface area contributed by atoms with E-state index in [1.54, 1.807) is 23.1 Å². The molecule has 3 rings (SSSR count). The largest absolute Gasteiger partial charge is 0.367 e. The maximum absolute atomic E-state index is 11.8. The van der Waals surface area contributed by atoms with Crippen molar-refractivity contribution in [2.45, 2.75) is 4.90 Å². The smallest absolute Gasteiger partial charge is 0.313 e. The highest BCUT2D eigenvalue weighted by atomic mass is 35.5. The first-order valence-corrected chi connectivity index (χ1v) is 9.61. The van der Waals surface area contributed by atoms with E-state index in [2.05, 4.69) is 4.98 Å². The number of aromatic nitrogens is 1. The summed E-state index contributed by atoms with van der Waals surface area (Å²) >= 11 is 5.80. The van der Waals surface area contributed by atoms with Crippen molar-refractivity contribution in [2.75, 3.05) is 36.0 Å². The highest BCUT2D eigenvalue weighted by Gasteiger charge is 2.27. The van der Waals surface area contributed by atoms with Crippen LogP contribution in [0.15, 0.2) is 41.4 Å². The van der Waals surface area contributed by atoms with E-state index in [-0.39, 0.29) is 21.4 Å². The molecular weight excluding hydrogens is 382 g/mol. The number of hydrogen-bond donors (Lipinski definition) is 1. The highest BCUT2D eigenvalue weighted by Crippen LogP contribution is 2.31. The molecule has 26 heavy (non-hydrogen) atoms. The van der Waals surface area contributed by atoms with Gasteiger partial charge in [-0.1, -0.05) is 23.7 Å². The molecule has 0 saturated carbocycles. The van der Waals surface area contributed by atoms with Gasteiger partial charge in [-0.3, -0.25) is 10.1 Å². The Hall–Kier alpha value is -2.43. The van der Waals surface area contributed by atoms with Crippen LogP contribution in [0.5, 0.6) is 0 Å². The molecule has 1 aromatic heterocycles. The molecule has 0 amide bonds. The van der Waals surface area contributed by atoms with Gasteiger partial charge in [0.1, 0.15) is 4.90 Å². The second-order valence-electron chi connectivity index (χ2n) is 5.74. The summed E-state index contributed by atoms with van der Waals surface area (Å²) in [6.45, 7) is 1.81. The number of pyridine rings is 1. The van der Waals surface area contributed by atoms with Gasteiger partial charge in [-0.15, -0.1) is 0 Å². The average Bonchev–Trinajstić information content (AvgIpc) is 2.61. The third kappa shape index (κ3) is 3.71. The van der Waals surface area contributed by atoms with Crippen LogP contribution < -0.4 is 14.9 Å². The van der Waals surface area contributed by atoms with Crippen LogP contribution in [0.25, 0.3) is 0 Å². The van der Waals surface area contributed by atoms with Gasteiger partial charge in [0, 0.05) is 38.4 Å². The summed E-state index contributed by atoms with van der Waals surface area (Å²) in [6.07, 6.45) is 1.37. The van der Waals surface area contributed by atoms with Gasteiger partial charge < -0.3 is 9.80 Å². The van der Waals surface area contributed by atoms with Gasteiger partial charge in [0.2, 0.25) is 15.8 Å². The molecule has 0 atom stereocenters. The van der Waals surface area contributed by atoms with Crippen molar-refractivity contribution in [2.24, 2.45) is 5.14 Å². The number of hydrogen-bond acceptors (Lipinski definition) is 7. The maximum atomic E-state index is 11.8. The van der Waals surface area contributed by atoms with Crippen molar-refractivity contribution >= 4 is 38.8 Å². The van der Waals surface area contributed by atoms with Crippen molar-refractivity contribution in [1.29, 1.82) is 0 Å². The van der Waals surface area contributed by atoms with Crippen molar-refractivity contribution in [1.82, 2.24) is 4.98 Å². The number of halogens is 1. The first-order chi connectivity index (χ1) is 12.3. The number of nitro groups is 1. The predicted octanol–water partition coefficient (Wildman–Crippen LogP) is 1.62. The summed E-state index contributed by atoms with van der Waals surface area (Å²) in [5.41, 5.74) is 0.365. The van der Waals surface area contributed by atoms with Gasteiger partial charge in [0.05, 0.1) is 15.6 Å². The lowest BCUT2D eigenvalue weighted by Gasteiger charge is -2.37. The number of rotatable bonds is 4. The van der Waals surface area contributed by atoms with Gasteiger partial charge in [-0.2, -0.15) is 0 Å². The zero-order chi connectivity index (χ0) is 18.9. The van der Waals surface area contributed by atoms with Gasteiger partial charge >= 0.3 is 5.69 Å². The third-order valence-corrected chi connectivity index (χ3v) is 5.27. The van der Waals surface area contributed by atoms with Gasteiger partial charge in [-0.05, 0) is 12.1 Å². The van der Waals surface area contributed by atoms with Crippen LogP contribution >= 0.6 is 11.6 Å². The van der Waals surface area contributed by atoms with Crippen LogP contribution in [0.4, 0.5) is 17.2 Å². The number of piperazine rings is 1. The summed E-state index contributed by atoms with van der Waals surface area (Å²) in [5.74, 6) is 0.249. The van der Waals surface area contributed by atoms with Crippen LogP contribution in [-0.2, 0) is 10.0 Å². The summed E-state index contributed by atoms with van der Waals surface area (Å²) in [4.78, 5) is 18.6. The molecular formula is C15H16ClN5O4S. The normalized spacial score (nSPS) is 15.2. The molecule has 2 N–H and O–H groups in total. The molecule has 2 heterocycles. The van der Waals surface area contributed by atoms with Crippen LogP contribution in [0.2, 0.25) is 5.02 Å². The van der Waals surface area contributed by atoms with E-state index in [4.69, 9.17) is 16.7 Å². The Balaban J connectivity index is 1.83. The summed E-state index contributed by atoms with van der Waals surface area (Å²) < 4.78 is 23.6.